The van der Waals surface area contributed by atoms with Crippen LogP contribution in [0, 0.1) is 0 Å². The van der Waals surface area contributed by atoms with Crippen LogP contribution in [-0.4, -0.2) is 16.7 Å². The summed E-state index contributed by atoms with van der Waals surface area (Å²) in [6, 6.07) is 3.40. The van der Waals surface area contributed by atoms with Gasteiger partial charge in [-0.05, 0) is 19.1 Å². The van der Waals surface area contributed by atoms with Gasteiger partial charge in [0.2, 0.25) is 0 Å². The van der Waals surface area contributed by atoms with Crippen molar-refractivity contribution in [3.63, 3.8) is 0 Å². The van der Waals surface area contributed by atoms with E-state index in [4.69, 9.17) is 27.9 Å². The predicted molar refractivity (Wildman–Crippen MR) is 73.8 cm³/mol. The molecule has 6 heteroatoms. The third-order valence-electron chi connectivity index (χ3n) is 2.34. The molecule has 3 nitrogen and oxygen atoms in total. The highest BCUT2D eigenvalue weighted by Gasteiger charge is 2.17. The predicted octanol–water partition coefficient (Wildman–Crippen LogP) is 3.93. The molecule has 18 heavy (non-hydrogen) atoms. The molecule has 0 aliphatic rings. The van der Waals surface area contributed by atoms with Gasteiger partial charge in [0.1, 0.15) is 16.2 Å². The number of thiophene rings is 1. The first kappa shape index (κ1) is 13.6. The summed E-state index contributed by atoms with van der Waals surface area (Å²) in [5.74, 6) is 0.617. The molecule has 96 valence electrons. The minimum atomic E-state index is -0.853. The quantitative estimate of drug-likeness (QED) is 0.930. The Morgan fingerprint density at radius 3 is 2.78 bits per heavy atom. The fourth-order valence-electron chi connectivity index (χ4n) is 1.55. The van der Waals surface area contributed by atoms with E-state index in [0.29, 0.717) is 32.2 Å². The highest BCUT2D eigenvalue weighted by atomic mass is 35.5. The first-order valence-electron chi connectivity index (χ1n) is 5.32. The molecule has 2 heterocycles. The van der Waals surface area contributed by atoms with Crippen molar-refractivity contribution in [3.8, 4) is 5.75 Å². The van der Waals surface area contributed by atoms with Gasteiger partial charge in [-0.2, -0.15) is 0 Å². The topological polar surface area (TPSA) is 42.4 Å². The number of aliphatic hydroxyl groups is 1. The lowest BCUT2D eigenvalue weighted by molar-refractivity contribution is 0.219. The summed E-state index contributed by atoms with van der Waals surface area (Å²) >= 11 is 13.1. The molecule has 1 unspecified atom stereocenters. The third-order valence-corrected chi connectivity index (χ3v) is 3.86. The number of ether oxygens (including phenoxy) is 1. The number of pyridine rings is 1. The molecule has 2 aromatic heterocycles. The molecule has 0 aromatic carbocycles. The van der Waals surface area contributed by atoms with Crippen LogP contribution in [0.4, 0.5) is 0 Å². The second kappa shape index (κ2) is 5.89. The molecular formula is C12H11Cl2NO2S. The van der Waals surface area contributed by atoms with E-state index in [1.807, 2.05) is 6.92 Å². The van der Waals surface area contributed by atoms with E-state index >= 15 is 0 Å². The van der Waals surface area contributed by atoms with Gasteiger partial charge in [0.05, 0.1) is 17.1 Å². The summed E-state index contributed by atoms with van der Waals surface area (Å²) in [7, 11) is 0. The van der Waals surface area contributed by atoms with Crippen LogP contribution in [-0.2, 0) is 0 Å². The summed E-state index contributed by atoms with van der Waals surface area (Å²) in [5, 5.41) is 10.2. The number of halogens is 2. The maximum absolute atomic E-state index is 10.2. The lowest BCUT2D eigenvalue weighted by Gasteiger charge is -2.11. The molecule has 0 saturated heterocycles. The van der Waals surface area contributed by atoms with E-state index in [1.54, 1.807) is 24.5 Å². The molecule has 1 atom stereocenters. The van der Waals surface area contributed by atoms with Gasteiger partial charge in [-0.3, -0.25) is 4.98 Å². The Morgan fingerprint density at radius 1 is 1.39 bits per heavy atom. The molecule has 0 spiro atoms. The number of aliphatic hydroxyl groups excluding tert-OH is 1. The van der Waals surface area contributed by atoms with Gasteiger partial charge < -0.3 is 9.84 Å². The molecular weight excluding hydrogens is 293 g/mol. The minimum Gasteiger partial charge on any atom is -0.492 e. The summed E-state index contributed by atoms with van der Waals surface area (Å²) in [4.78, 5) is 4.03. The van der Waals surface area contributed by atoms with Crippen molar-refractivity contribution < 1.29 is 9.84 Å². The molecule has 2 aromatic rings. The summed E-state index contributed by atoms with van der Waals surface area (Å²) in [6.07, 6.45) is 2.32. The second-order valence-corrected chi connectivity index (χ2v) is 5.85. The highest BCUT2D eigenvalue weighted by molar-refractivity contribution is 7.20. The van der Waals surface area contributed by atoms with Crippen molar-refractivity contribution in [2.45, 2.75) is 13.0 Å². The van der Waals surface area contributed by atoms with Crippen LogP contribution in [0.25, 0.3) is 0 Å². The minimum absolute atomic E-state index is 0.481. The lowest BCUT2D eigenvalue weighted by atomic mass is 10.1. The fraction of sp³-hybridized carbons (Fsp3) is 0.250. The van der Waals surface area contributed by atoms with Gasteiger partial charge in [0.25, 0.3) is 0 Å². The lowest BCUT2D eigenvalue weighted by Crippen LogP contribution is -2.01. The number of rotatable bonds is 4. The van der Waals surface area contributed by atoms with Gasteiger partial charge in [-0.1, -0.05) is 23.2 Å². The third kappa shape index (κ3) is 2.95. The number of hydrogen-bond acceptors (Lipinski definition) is 4. The van der Waals surface area contributed by atoms with Crippen LogP contribution in [0.1, 0.15) is 24.2 Å². The van der Waals surface area contributed by atoms with Crippen molar-refractivity contribution in [2.24, 2.45) is 0 Å². The zero-order valence-electron chi connectivity index (χ0n) is 9.56. The number of nitrogens with zero attached hydrogens (tertiary/aromatic N) is 1. The molecule has 0 amide bonds. The van der Waals surface area contributed by atoms with Crippen molar-refractivity contribution in [1.82, 2.24) is 4.98 Å². The van der Waals surface area contributed by atoms with Crippen LogP contribution in [0.3, 0.4) is 0 Å². The van der Waals surface area contributed by atoms with E-state index in [1.165, 1.54) is 11.3 Å². The van der Waals surface area contributed by atoms with Crippen molar-refractivity contribution in [3.05, 3.63) is 44.3 Å². The van der Waals surface area contributed by atoms with Gasteiger partial charge in [-0.25, -0.2) is 0 Å². The van der Waals surface area contributed by atoms with Crippen LogP contribution >= 0.6 is 34.5 Å². The summed E-state index contributed by atoms with van der Waals surface area (Å²) in [5.41, 5.74) is 1.21. The van der Waals surface area contributed by atoms with Crippen LogP contribution < -0.4 is 4.74 Å². The molecule has 1 N–H and O–H groups in total. The van der Waals surface area contributed by atoms with Crippen molar-refractivity contribution in [1.29, 1.82) is 0 Å². The van der Waals surface area contributed by atoms with Gasteiger partial charge >= 0.3 is 0 Å². The largest absolute Gasteiger partial charge is 0.492 e. The monoisotopic (exact) mass is 303 g/mol. The molecule has 0 bridgehead atoms. The Hall–Kier alpha value is -0.810. The van der Waals surface area contributed by atoms with Gasteiger partial charge in [0.15, 0.2) is 0 Å². The number of aromatic nitrogens is 1. The van der Waals surface area contributed by atoms with Crippen LogP contribution in [0.5, 0.6) is 5.75 Å². The summed E-state index contributed by atoms with van der Waals surface area (Å²) < 4.78 is 6.36. The molecule has 2 rings (SSSR count). The van der Waals surface area contributed by atoms with Crippen molar-refractivity contribution in [2.75, 3.05) is 6.61 Å². The first-order valence-corrected chi connectivity index (χ1v) is 6.89. The second-order valence-electron chi connectivity index (χ2n) is 3.57. The maximum atomic E-state index is 10.2. The van der Waals surface area contributed by atoms with Crippen LogP contribution in [0.2, 0.25) is 8.67 Å². The first-order chi connectivity index (χ1) is 8.61. The van der Waals surface area contributed by atoms with E-state index in [2.05, 4.69) is 4.98 Å². The van der Waals surface area contributed by atoms with E-state index in [9.17, 15) is 5.11 Å². The average molecular weight is 304 g/mol. The van der Waals surface area contributed by atoms with E-state index in [-0.39, 0.29) is 0 Å². The highest BCUT2D eigenvalue weighted by Crippen LogP contribution is 2.37. The van der Waals surface area contributed by atoms with Crippen LogP contribution in [0.15, 0.2) is 24.5 Å². The standard InChI is InChI=1S/C12H11Cl2NO2S/c1-2-17-8-3-7(5-15-6-8)11(16)9-4-10(13)18-12(9)14/h3-6,11,16H,2H2,1H3. The molecule has 0 radical (unpaired) electrons. The number of hydrogen-bond donors (Lipinski definition) is 1. The van der Waals surface area contributed by atoms with Crippen molar-refractivity contribution >= 4 is 34.5 Å². The normalized spacial score (nSPS) is 12.4. The Labute approximate surface area is 119 Å². The fourth-order valence-corrected chi connectivity index (χ4v) is 3.07. The maximum Gasteiger partial charge on any atom is 0.137 e. The molecule has 0 aliphatic carbocycles. The van der Waals surface area contributed by atoms with Gasteiger partial charge in [-0.15, -0.1) is 11.3 Å². The Morgan fingerprint density at radius 2 is 2.17 bits per heavy atom. The van der Waals surface area contributed by atoms with E-state index < -0.39 is 6.10 Å². The zero-order chi connectivity index (χ0) is 13.1. The smallest absolute Gasteiger partial charge is 0.137 e. The molecule has 0 aliphatic heterocycles. The average Bonchev–Trinajstić information content (AvgIpc) is 2.68. The zero-order valence-corrected chi connectivity index (χ0v) is 11.9. The Kier molecular flexibility index (Phi) is 4.45. The Bertz CT molecular complexity index is 545. The SMILES string of the molecule is CCOc1cncc(C(O)c2cc(Cl)sc2Cl)c1. The summed E-state index contributed by atoms with van der Waals surface area (Å²) in [6.45, 7) is 2.44. The van der Waals surface area contributed by atoms with E-state index in [0.717, 1.165) is 0 Å². The molecule has 0 fully saturated rings. The molecule has 0 saturated carbocycles. The Balaban J connectivity index is 2.30. The van der Waals surface area contributed by atoms with Gasteiger partial charge in [0, 0.05) is 17.3 Å².